The molecule has 1 aliphatic heterocycles. The normalized spacial score (nSPS) is 23.1. The SMILES string of the molecule is CN=C(NCC1(C)CCOC1)N(C)Cc1csc(C)n1. The lowest BCUT2D eigenvalue weighted by atomic mass is 9.90. The molecule has 0 aromatic carbocycles. The highest BCUT2D eigenvalue weighted by Gasteiger charge is 2.30. The van der Waals surface area contributed by atoms with Gasteiger partial charge in [0.25, 0.3) is 0 Å². The fourth-order valence-electron chi connectivity index (χ4n) is 2.32. The van der Waals surface area contributed by atoms with E-state index in [2.05, 4.69) is 32.5 Å². The van der Waals surface area contributed by atoms with E-state index < -0.39 is 0 Å². The largest absolute Gasteiger partial charge is 0.381 e. The lowest BCUT2D eigenvalue weighted by Gasteiger charge is -2.27. The first-order valence-electron chi connectivity index (χ1n) is 6.93. The van der Waals surface area contributed by atoms with Crippen molar-refractivity contribution in [2.45, 2.75) is 26.8 Å². The van der Waals surface area contributed by atoms with Crippen LogP contribution in [0.5, 0.6) is 0 Å². The number of aryl methyl sites for hydroxylation is 1. The van der Waals surface area contributed by atoms with E-state index in [1.165, 1.54) is 0 Å². The summed E-state index contributed by atoms with van der Waals surface area (Å²) in [5.74, 6) is 0.906. The van der Waals surface area contributed by atoms with Gasteiger partial charge >= 0.3 is 0 Å². The van der Waals surface area contributed by atoms with Crippen LogP contribution < -0.4 is 5.32 Å². The highest BCUT2D eigenvalue weighted by atomic mass is 32.1. The molecule has 5 nitrogen and oxygen atoms in total. The molecule has 1 aromatic heterocycles. The summed E-state index contributed by atoms with van der Waals surface area (Å²) >= 11 is 1.68. The van der Waals surface area contributed by atoms with E-state index >= 15 is 0 Å². The third-order valence-electron chi connectivity index (χ3n) is 3.61. The average molecular weight is 296 g/mol. The monoisotopic (exact) mass is 296 g/mol. The van der Waals surface area contributed by atoms with Crippen LogP contribution in [0, 0.1) is 12.3 Å². The van der Waals surface area contributed by atoms with Gasteiger partial charge in [0.05, 0.1) is 23.9 Å². The molecule has 20 heavy (non-hydrogen) atoms. The molecule has 0 saturated carbocycles. The molecule has 1 aromatic rings. The fraction of sp³-hybridized carbons (Fsp3) is 0.714. The second-order valence-corrected chi connectivity index (χ2v) is 6.79. The lowest BCUT2D eigenvalue weighted by molar-refractivity contribution is 0.160. The summed E-state index contributed by atoms with van der Waals surface area (Å²) in [5, 5.41) is 6.66. The first-order chi connectivity index (χ1) is 9.52. The van der Waals surface area contributed by atoms with Gasteiger partial charge in [0.15, 0.2) is 5.96 Å². The summed E-state index contributed by atoms with van der Waals surface area (Å²) in [7, 11) is 3.86. The van der Waals surface area contributed by atoms with Crippen LogP contribution >= 0.6 is 11.3 Å². The molecule has 1 N–H and O–H groups in total. The van der Waals surface area contributed by atoms with Gasteiger partial charge in [-0.1, -0.05) is 6.92 Å². The molecule has 1 saturated heterocycles. The first-order valence-corrected chi connectivity index (χ1v) is 7.81. The molecule has 112 valence electrons. The van der Waals surface area contributed by atoms with Crippen LogP contribution in [0.15, 0.2) is 10.4 Å². The Bertz CT molecular complexity index is 465. The Labute approximate surface area is 125 Å². The molecular formula is C14H24N4OS. The van der Waals surface area contributed by atoms with E-state index in [9.17, 15) is 0 Å². The maximum Gasteiger partial charge on any atom is 0.193 e. The van der Waals surface area contributed by atoms with Crippen molar-refractivity contribution in [2.24, 2.45) is 10.4 Å². The van der Waals surface area contributed by atoms with Crippen LogP contribution in [0.4, 0.5) is 0 Å². The Morgan fingerprint density at radius 2 is 2.45 bits per heavy atom. The first kappa shape index (κ1) is 15.3. The van der Waals surface area contributed by atoms with Crippen LogP contribution in [0.3, 0.4) is 0 Å². The van der Waals surface area contributed by atoms with Crippen LogP contribution in [0.2, 0.25) is 0 Å². The summed E-state index contributed by atoms with van der Waals surface area (Å²) in [5.41, 5.74) is 1.31. The van der Waals surface area contributed by atoms with Crippen LogP contribution in [0.25, 0.3) is 0 Å². The number of nitrogens with zero attached hydrogens (tertiary/aromatic N) is 3. The van der Waals surface area contributed by atoms with Gasteiger partial charge in [0, 0.05) is 38.0 Å². The summed E-state index contributed by atoms with van der Waals surface area (Å²) in [6.07, 6.45) is 1.10. The van der Waals surface area contributed by atoms with Gasteiger partial charge in [-0.05, 0) is 13.3 Å². The van der Waals surface area contributed by atoms with Gasteiger partial charge in [-0.2, -0.15) is 0 Å². The fourth-order valence-corrected chi connectivity index (χ4v) is 2.93. The maximum atomic E-state index is 5.48. The van der Waals surface area contributed by atoms with E-state index in [0.717, 1.165) is 49.4 Å². The standard InChI is InChI=1S/C14H24N4OS/c1-11-17-12(8-20-11)7-18(4)13(15-3)16-9-14(2)5-6-19-10-14/h8H,5-7,9-10H2,1-4H3,(H,15,16). The predicted octanol–water partition coefficient (Wildman–Crippen LogP) is 1.89. The van der Waals surface area contributed by atoms with Gasteiger partial charge in [-0.25, -0.2) is 4.98 Å². The Morgan fingerprint density at radius 3 is 3.00 bits per heavy atom. The minimum atomic E-state index is 0.216. The highest BCUT2D eigenvalue weighted by molar-refractivity contribution is 7.09. The number of guanidine groups is 1. The molecule has 6 heteroatoms. The number of rotatable bonds is 4. The number of ether oxygens (including phenoxy) is 1. The minimum absolute atomic E-state index is 0.216. The van der Waals surface area contributed by atoms with Gasteiger partial charge in [-0.15, -0.1) is 11.3 Å². The van der Waals surface area contributed by atoms with Gasteiger partial charge < -0.3 is 15.0 Å². The second-order valence-electron chi connectivity index (χ2n) is 5.73. The molecule has 2 heterocycles. The van der Waals surface area contributed by atoms with Gasteiger partial charge in [-0.3, -0.25) is 4.99 Å². The molecule has 0 amide bonds. The molecule has 0 bridgehead atoms. The number of thiazole rings is 1. The molecule has 0 spiro atoms. The average Bonchev–Trinajstić information content (AvgIpc) is 3.00. The van der Waals surface area contributed by atoms with Crippen molar-refractivity contribution >= 4 is 17.3 Å². The number of hydrogen-bond acceptors (Lipinski definition) is 4. The van der Waals surface area contributed by atoms with E-state index in [1.54, 1.807) is 11.3 Å². The van der Waals surface area contributed by atoms with Crippen molar-refractivity contribution in [2.75, 3.05) is 33.9 Å². The highest BCUT2D eigenvalue weighted by Crippen LogP contribution is 2.26. The molecule has 0 aliphatic carbocycles. The molecular weight excluding hydrogens is 272 g/mol. The molecule has 1 atom stereocenters. The molecule has 2 rings (SSSR count). The van der Waals surface area contributed by atoms with Crippen molar-refractivity contribution in [1.82, 2.24) is 15.2 Å². The van der Waals surface area contributed by atoms with E-state index in [-0.39, 0.29) is 5.41 Å². The lowest BCUT2D eigenvalue weighted by Crippen LogP contribution is -2.43. The summed E-state index contributed by atoms with van der Waals surface area (Å²) in [4.78, 5) is 10.9. The summed E-state index contributed by atoms with van der Waals surface area (Å²) in [6.45, 7) is 7.64. The van der Waals surface area contributed by atoms with E-state index in [1.807, 2.05) is 21.0 Å². The zero-order chi connectivity index (χ0) is 14.6. The van der Waals surface area contributed by atoms with Crippen molar-refractivity contribution in [3.8, 4) is 0 Å². The van der Waals surface area contributed by atoms with E-state index in [0.29, 0.717) is 0 Å². The zero-order valence-corrected chi connectivity index (χ0v) is 13.6. The topological polar surface area (TPSA) is 49.8 Å². The Kier molecular flexibility index (Phi) is 4.99. The molecule has 1 unspecified atom stereocenters. The summed E-state index contributed by atoms with van der Waals surface area (Å²) in [6, 6.07) is 0. The Morgan fingerprint density at radius 1 is 1.65 bits per heavy atom. The van der Waals surface area contributed by atoms with Crippen LogP contribution in [0.1, 0.15) is 24.0 Å². The smallest absolute Gasteiger partial charge is 0.193 e. The third kappa shape index (κ3) is 3.93. The number of nitrogens with one attached hydrogen (secondary N) is 1. The molecule has 1 fully saturated rings. The van der Waals surface area contributed by atoms with Crippen molar-refractivity contribution in [3.63, 3.8) is 0 Å². The van der Waals surface area contributed by atoms with Crippen LogP contribution in [-0.2, 0) is 11.3 Å². The van der Waals surface area contributed by atoms with Gasteiger partial charge in [0.2, 0.25) is 0 Å². The number of hydrogen-bond donors (Lipinski definition) is 1. The minimum Gasteiger partial charge on any atom is -0.381 e. The summed E-state index contributed by atoms with van der Waals surface area (Å²) < 4.78 is 5.48. The van der Waals surface area contributed by atoms with Crippen molar-refractivity contribution in [1.29, 1.82) is 0 Å². The van der Waals surface area contributed by atoms with Gasteiger partial charge in [0.1, 0.15) is 0 Å². The predicted molar refractivity (Wildman–Crippen MR) is 83.2 cm³/mol. The zero-order valence-electron chi connectivity index (χ0n) is 12.8. The van der Waals surface area contributed by atoms with Crippen molar-refractivity contribution < 1.29 is 4.74 Å². The number of aromatic nitrogens is 1. The Hall–Kier alpha value is -1.14. The van der Waals surface area contributed by atoms with Crippen LogP contribution in [-0.4, -0.2) is 49.7 Å². The quantitative estimate of drug-likeness (QED) is 0.681. The molecule has 1 aliphatic rings. The molecule has 0 radical (unpaired) electrons. The van der Waals surface area contributed by atoms with Crippen molar-refractivity contribution in [3.05, 3.63) is 16.1 Å². The Balaban J connectivity index is 1.87. The number of aliphatic imine (C=N–C) groups is 1. The second kappa shape index (κ2) is 6.54. The van der Waals surface area contributed by atoms with E-state index in [4.69, 9.17) is 4.74 Å². The maximum absolute atomic E-state index is 5.48. The third-order valence-corrected chi connectivity index (χ3v) is 4.44.